The summed E-state index contributed by atoms with van der Waals surface area (Å²) in [6.45, 7) is 0.355. The van der Waals surface area contributed by atoms with Crippen LogP contribution in [-0.2, 0) is 6.61 Å². The van der Waals surface area contributed by atoms with E-state index in [1.54, 1.807) is 30.3 Å². The van der Waals surface area contributed by atoms with Crippen molar-refractivity contribution in [3.63, 3.8) is 0 Å². The Kier molecular flexibility index (Phi) is 5.76. The standard InChI is InChI=1S/C21H20N4O3/c22-20(24-26)17-7-2-6-16(11-17)15-5-1-4-14(10-15)13-28-19-9-3-8-18(12-19)21(23)25-27/h1-12,26-27H,13H2,(H2,22,24)(H2,23,25). The maximum Gasteiger partial charge on any atom is 0.170 e. The minimum Gasteiger partial charge on any atom is -0.489 e. The van der Waals surface area contributed by atoms with E-state index in [1.165, 1.54) is 0 Å². The summed E-state index contributed by atoms with van der Waals surface area (Å²) in [6, 6.07) is 22.4. The number of rotatable bonds is 6. The Hall–Kier alpha value is -4.00. The average Bonchev–Trinajstić information content (AvgIpc) is 2.77. The van der Waals surface area contributed by atoms with Crippen molar-refractivity contribution in [3.8, 4) is 16.9 Å². The molecule has 6 N–H and O–H groups in total. The van der Waals surface area contributed by atoms with Gasteiger partial charge in [-0.25, -0.2) is 0 Å². The van der Waals surface area contributed by atoms with E-state index in [1.807, 2.05) is 42.5 Å². The third kappa shape index (κ3) is 4.39. The van der Waals surface area contributed by atoms with Crippen LogP contribution in [0, 0.1) is 0 Å². The van der Waals surface area contributed by atoms with Crippen LogP contribution in [0.4, 0.5) is 0 Å². The molecule has 0 fully saturated rings. The second-order valence-electron chi connectivity index (χ2n) is 6.07. The molecule has 0 atom stereocenters. The van der Waals surface area contributed by atoms with Gasteiger partial charge < -0.3 is 26.6 Å². The number of amidine groups is 2. The molecule has 0 spiro atoms. The summed E-state index contributed by atoms with van der Waals surface area (Å²) in [7, 11) is 0. The highest BCUT2D eigenvalue weighted by molar-refractivity contribution is 5.98. The molecule has 7 nitrogen and oxygen atoms in total. The fourth-order valence-electron chi connectivity index (χ4n) is 2.73. The van der Waals surface area contributed by atoms with E-state index in [4.69, 9.17) is 26.6 Å². The number of ether oxygens (including phenoxy) is 1. The fourth-order valence-corrected chi connectivity index (χ4v) is 2.73. The molecule has 0 saturated heterocycles. The molecule has 3 aromatic rings. The lowest BCUT2D eigenvalue weighted by atomic mass is 10.0. The van der Waals surface area contributed by atoms with Crippen LogP contribution in [0.25, 0.3) is 11.1 Å². The molecular formula is C21H20N4O3. The predicted octanol–water partition coefficient (Wildman–Crippen LogP) is 3.12. The van der Waals surface area contributed by atoms with Crippen molar-refractivity contribution in [2.24, 2.45) is 21.8 Å². The molecule has 0 radical (unpaired) electrons. The number of nitrogens with zero attached hydrogens (tertiary/aromatic N) is 2. The van der Waals surface area contributed by atoms with Crippen LogP contribution in [0.2, 0.25) is 0 Å². The van der Waals surface area contributed by atoms with Crippen LogP contribution in [-0.4, -0.2) is 22.1 Å². The third-order valence-electron chi connectivity index (χ3n) is 4.17. The number of oxime groups is 2. The van der Waals surface area contributed by atoms with Crippen molar-refractivity contribution >= 4 is 11.7 Å². The van der Waals surface area contributed by atoms with Gasteiger partial charge in [-0.1, -0.05) is 58.8 Å². The number of benzene rings is 3. The quantitative estimate of drug-likeness (QED) is 0.227. The van der Waals surface area contributed by atoms with Crippen molar-refractivity contribution in [1.82, 2.24) is 0 Å². The molecule has 0 aromatic heterocycles. The van der Waals surface area contributed by atoms with E-state index in [0.717, 1.165) is 16.7 Å². The molecule has 3 aromatic carbocycles. The molecule has 0 heterocycles. The molecule has 0 amide bonds. The van der Waals surface area contributed by atoms with Crippen molar-refractivity contribution in [1.29, 1.82) is 0 Å². The lowest BCUT2D eigenvalue weighted by Gasteiger charge is -2.10. The highest BCUT2D eigenvalue weighted by atomic mass is 16.5. The Morgan fingerprint density at radius 1 is 0.750 bits per heavy atom. The molecule has 7 heteroatoms. The first-order valence-corrected chi connectivity index (χ1v) is 8.49. The normalized spacial score (nSPS) is 12.0. The first-order valence-electron chi connectivity index (χ1n) is 8.49. The summed E-state index contributed by atoms with van der Waals surface area (Å²) >= 11 is 0. The Morgan fingerprint density at radius 3 is 2.00 bits per heavy atom. The lowest BCUT2D eigenvalue weighted by Crippen LogP contribution is -2.13. The Bertz CT molecular complexity index is 1030. The average molecular weight is 376 g/mol. The SMILES string of the molecule is N/C(=N\O)c1cccc(OCc2cccc(-c3cccc(/C(N)=N/O)c3)c2)c1. The van der Waals surface area contributed by atoms with Gasteiger partial charge in [0.15, 0.2) is 11.7 Å². The van der Waals surface area contributed by atoms with Gasteiger partial charge in [0.1, 0.15) is 12.4 Å². The Balaban J connectivity index is 1.78. The first-order chi connectivity index (χ1) is 13.6. The molecular weight excluding hydrogens is 356 g/mol. The van der Waals surface area contributed by atoms with Gasteiger partial charge in [-0.15, -0.1) is 0 Å². The minimum atomic E-state index is 0.0259. The molecule has 0 aliphatic heterocycles. The van der Waals surface area contributed by atoms with Gasteiger partial charge in [0.05, 0.1) is 0 Å². The van der Waals surface area contributed by atoms with Gasteiger partial charge in [-0.05, 0) is 41.0 Å². The highest BCUT2D eigenvalue weighted by Crippen LogP contribution is 2.23. The van der Waals surface area contributed by atoms with Gasteiger partial charge in [-0.3, -0.25) is 0 Å². The van der Waals surface area contributed by atoms with Gasteiger partial charge in [0, 0.05) is 11.1 Å². The minimum absolute atomic E-state index is 0.0259. The molecule has 0 aliphatic rings. The molecule has 3 rings (SSSR count). The van der Waals surface area contributed by atoms with E-state index < -0.39 is 0 Å². The zero-order chi connectivity index (χ0) is 19.9. The Labute approximate surface area is 162 Å². The second-order valence-corrected chi connectivity index (χ2v) is 6.07. The van der Waals surface area contributed by atoms with E-state index in [2.05, 4.69) is 10.3 Å². The summed E-state index contributed by atoms with van der Waals surface area (Å²) in [6.07, 6.45) is 0. The molecule has 0 aliphatic carbocycles. The largest absolute Gasteiger partial charge is 0.489 e. The van der Waals surface area contributed by atoms with Crippen molar-refractivity contribution in [2.45, 2.75) is 6.61 Å². The van der Waals surface area contributed by atoms with Crippen LogP contribution >= 0.6 is 0 Å². The summed E-state index contributed by atoms with van der Waals surface area (Å²) in [5.41, 5.74) is 15.4. The van der Waals surface area contributed by atoms with Crippen LogP contribution in [0.1, 0.15) is 16.7 Å². The van der Waals surface area contributed by atoms with Gasteiger partial charge in [-0.2, -0.15) is 0 Å². The predicted molar refractivity (Wildman–Crippen MR) is 108 cm³/mol. The van der Waals surface area contributed by atoms with Crippen molar-refractivity contribution in [3.05, 3.63) is 89.5 Å². The summed E-state index contributed by atoms with van der Waals surface area (Å²) in [5, 5.41) is 23.7. The van der Waals surface area contributed by atoms with Crippen LogP contribution in [0.15, 0.2) is 83.1 Å². The monoisotopic (exact) mass is 376 g/mol. The van der Waals surface area contributed by atoms with Crippen LogP contribution in [0.3, 0.4) is 0 Å². The maximum absolute atomic E-state index is 8.86. The van der Waals surface area contributed by atoms with E-state index >= 15 is 0 Å². The van der Waals surface area contributed by atoms with Gasteiger partial charge >= 0.3 is 0 Å². The zero-order valence-corrected chi connectivity index (χ0v) is 15.0. The highest BCUT2D eigenvalue weighted by Gasteiger charge is 2.05. The lowest BCUT2D eigenvalue weighted by molar-refractivity contribution is 0.306. The molecule has 0 unspecified atom stereocenters. The second kappa shape index (κ2) is 8.59. The summed E-state index contributed by atoms with van der Waals surface area (Å²) in [4.78, 5) is 0. The molecule has 142 valence electrons. The molecule has 28 heavy (non-hydrogen) atoms. The van der Waals surface area contributed by atoms with E-state index in [-0.39, 0.29) is 11.7 Å². The van der Waals surface area contributed by atoms with Crippen molar-refractivity contribution in [2.75, 3.05) is 0 Å². The van der Waals surface area contributed by atoms with E-state index in [9.17, 15) is 0 Å². The van der Waals surface area contributed by atoms with Crippen molar-refractivity contribution < 1.29 is 15.2 Å². The fraction of sp³-hybridized carbons (Fsp3) is 0.0476. The topological polar surface area (TPSA) is 126 Å². The van der Waals surface area contributed by atoms with Gasteiger partial charge in [0.25, 0.3) is 0 Å². The van der Waals surface area contributed by atoms with Gasteiger partial charge in [0.2, 0.25) is 0 Å². The van der Waals surface area contributed by atoms with Crippen LogP contribution < -0.4 is 16.2 Å². The Morgan fingerprint density at radius 2 is 1.32 bits per heavy atom. The summed E-state index contributed by atoms with van der Waals surface area (Å²) in [5.74, 6) is 0.702. The molecule has 0 bridgehead atoms. The zero-order valence-electron chi connectivity index (χ0n) is 15.0. The molecule has 0 saturated carbocycles. The third-order valence-corrected chi connectivity index (χ3v) is 4.17. The smallest absolute Gasteiger partial charge is 0.170 e. The van der Waals surface area contributed by atoms with E-state index in [0.29, 0.717) is 23.5 Å². The maximum atomic E-state index is 8.86. The first kappa shape index (κ1) is 18.8. The number of hydrogen-bond donors (Lipinski definition) is 4. The number of nitrogens with two attached hydrogens (primary N) is 2. The summed E-state index contributed by atoms with van der Waals surface area (Å²) < 4.78 is 5.83. The number of hydrogen-bond acceptors (Lipinski definition) is 5. The van der Waals surface area contributed by atoms with Crippen LogP contribution in [0.5, 0.6) is 5.75 Å².